The van der Waals surface area contributed by atoms with Crippen LogP contribution >= 0.6 is 24.0 Å². The molecule has 0 amide bonds. The molecule has 0 saturated heterocycles. The van der Waals surface area contributed by atoms with Crippen LogP contribution in [-0.2, 0) is 4.74 Å². The normalized spacial score (nSPS) is 12.4. The highest BCUT2D eigenvalue weighted by Crippen LogP contribution is 2.19. The largest absolute Gasteiger partial charge is 0.491 e. The van der Waals surface area contributed by atoms with Gasteiger partial charge in [-0.15, -0.1) is 24.0 Å². The number of nitrogens with zero attached hydrogens (tertiary/aromatic N) is 1. The van der Waals surface area contributed by atoms with Crippen LogP contribution in [0.15, 0.2) is 29.3 Å². The fraction of sp³-hybridized carbons (Fsp3) is 0.650. The highest BCUT2D eigenvalue weighted by molar-refractivity contribution is 14.0. The molecule has 1 atom stereocenters. The Labute approximate surface area is 181 Å². The van der Waals surface area contributed by atoms with Crippen LogP contribution in [0.25, 0.3) is 0 Å². The van der Waals surface area contributed by atoms with Crippen LogP contribution in [0.2, 0.25) is 0 Å². The molecule has 156 valence electrons. The van der Waals surface area contributed by atoms with E-state index >= 15 is 0 Å². The van der Waals surface area contributed by atoms with Crippen molar-refractivity contribution in [3.05, 3.63) is 29.8 Å². The summed E-state index contributed by atoms with van der Waals surface area (Å²) in [5, 5.41) is 16.7. The van der Waals surface area contributed by atoms with Crippen LogP contribution in [0.1, 0.15) is 52.2 Å². The van der Waals surface area contributed by atoms with Gasteiger partial charge in [-0.3, -0.25) is 4.99 Å². The number of aliphatic hydroxyl groups is 1. The zero-order chi connectivity index (χ0) is 19.2. The van der Waals surface area contributed by atoms with Gasteiger partial charge in [-0.2, -0.15) is 0 Å². The molecule has 0 aliphatic rings. The predicted molar refractivity (Wildman–Crippen MR) is 122 cm³/mol. The molecular formula is C20H36IN3O3. The fourth-order valence-corrected chi connectivity index (χ4v) is 2.26. The quantitative estimate of drug-likeness (QED) is 0.180. The number of rotatable bonds is 12. The molecule has 0 bridgehead atoms. The highest BCUT2D eigenvalue weighted by atomic mass is 127. The van der Waals surface area contributed by atoms with Crippen LogP contribution < -0.4 is 15.4 Å². The third kappa shape index (κ3) is 12.1. The van der Waals surface area contributed by atoms with Crippen molar-refractivity contribution in [2.45, 2.75) is 52.7 Å². The van der Waals surface area contributed by atoms with Crippen molar-refractivity contribution in [3.8, 4) is 5.75 Å². The molecule has 27 heavy (non-hydrogen) atoms. The van der Waals surface area contributed by atoms with E-state index in [1.54, 1.807) is 0 Å². The number of aliphatic hydroxyl groups excluding tert-OH is 1. The average Bonchev–Trinajstić information content (AvgIpc) is 2.62. The van der Waals surface area contributed by atoms with Crippen molar-refractivity contribution in [2.75, 3.05) is 32.8 Å². The smallest absolute Gasteiger partial charge is 0.191 e. The summed E-state index contributed by atoms with van der Waals surface area (Å²) in [5.41, 5.74) is 0.823. The Kier molecular flexibility index (Phi) is 15.3. The molecule has 3 N–H and O–H groups in total. The number of hydrogen-bond acceptors (Lipinski definition) is 4. The zero-order valence-corrected chi connectivity index (χ0v) is 19.4. The first-order valence-electron chi connectivity index (χ1n) is 9.61. The maximum Gasteiger partial charge on any atom is 0.191 e. The third-order valence-corrected chi connectivity index (χ3v) is 3.58. The molecule has 0 radical (unpaired) electrons. The van der Waals surface area contributed by atoms with E-state index in [2.05, 4.69) is 22.5 Å². The second kappa shape index (κ2) is 15.9. The van der Waals surface area contributed by atoms with E-state index in [9.17, 15) is 5.11 Å². The van der Waals surface area contributed by atoms with Gasteiger partial charge < -0.3 is 25.2 Å². The first-order valence-corrected chi connectivity index (χ1v) is 9.61. The molecular weight excluding hydrogens is 457 g/mol. The standard InChI is InChI=1S/C20H35N3O3.HI/c1-5-7-13-25-14-12-22-20(21-6-2)23-15-19(24)17-8-10-18(11-9-17)26-16(3)4;/h8-11,16,19,24H,5-7,12-15H2,1-4H3,(H2,21,22,23);1H. The maximum atomic E-state index is 10.4. The summed E-state index contributed by atoms with van der Waals surface area (Å²) in [5.74, 6) is 1.49. The van der Waals surface area contributed by atoms with Crippen molar-refractivity contribution in [1.29, 1.82) is 0 Å². The van der Waals surface area contributed by atoms with Gasteiger partial charge in [-0.05, 0) is 44.9 Å². The van der Waals surface area contributed by atoms with Gasteiger partial charge in [-0.1, -0.05) is 25.5 Å². The average molecular weight is 493 g/mol. The minimum Gasteiger partial charge on any atom is -0.491 e. The number of halogens is 1. The van der Waals surface area contributed by atoms with Gasteiger partial charge in [0.05, 0.1) is 25.4 Å². The van der Waals surface area contributed by atoms with Crippen molar-refractivity contribution < 1.29 is 14.6 Å². The molecule has 0 aromatic heterocycles. The number of nitrogens with one attached hydrogen (secondary N) is 2. The van der Waals surface area contributed by atoms with Gasteiger partial charge in [0, 0.05) is 19.7 Å². The zero-order valence-electron chi connectivity index (χ0n) is 17.0. The minimum absolute atomic E-state index is 0. The van der Waals surface area contributed by atoms with E-state index in [4.69, 9.17) is 9.47 Å². The van der Waals surface area contributed by atoms with Gasteiger partial charge in [0.25, 0.3) is 0 Å². The van der Waals surface area contributed by atoms with Gasteiger partial charge in [0.1, 0.15) is 5.75 Å². The van der Waals surface area contributed by atoms with E-state index in [0.717, 1.165) is 37.3 Å². The molecule has 1 rings (SSSR count). The summed E-state index contributed by atoms with van der Waals surface area (Å²) >= 11 is 0. The van der Waals surface area contributed by atoms with Crippen LogP contribution in [-0.4, -0.2) is 50.0 Å². The van der Waals surface area contributed by atoms with Crippen LogP contribution in [0.4, 0.5) is 0 Å². The first-order chi connectivity index (χ1) is 12.6. The predicted octanol–water partition coefficient (Wildman–Crippen LogP) is 3.50. The Morgan fingerprint density at radius 3 is 2.41 bits per heavy atom. The fourth-order valence-electron chi connectivity index (χ4n) is 2.26. The molecule has 6 nitrogen and oxygen atoms in total. The van der Waals surface area contributed by atoms with Gasteiger partial charge in [0.15, 0.2) is 5.96 Å². The van der Waals surface area contributed by atoms with E-state index in [-0.39, 0.29) is 36.6 Å². The van der Waals surface area contributed by atoms with Crippen molar-refractivity contribution >= 4 is 29.9 Å². The second-order valence-corrected chi connectivity index (χ2v) is 6.36. The summed E-state index contributed by atoms with van der Waals surface area (Å²) in [7, 11) is 0. The number of benzene rings is 1. The minimum atomic E-state index is -0.653. The Morgan fingerprint density at radius 1 is 1.11 bits per heavy atom. The first kappa shape index (κ1) is 25.9. The van der Waals surface area contributed by atoms with E-state index < -0.39 is 6.10 Å². The summed E-state index contributed by atoms with van der Waals surface area (Å²) in [6, 6.07) is 7.50. The summed E-state index contributed by atoms with van der Waals surface area (Å²) in [4.78, 5) is 4.45. The van der Waals surface area contributed by atoms with Crippen LogP contribution in [0.3, 0.4) is 0 Å². The Bertz CT molecular complexity index is 510. The lowest BCUT2D eigenvalue weighted by atomic mass is 10.1. The molecule has 0 aliphatic carbocycles. The Hall–Kier alpha value is -1.06. The topological polar surface area (TPSA) is 75.1 Å². The number of unbranched alkanes of at least 4 members (excludes halogenated alkanes) is 1. The number of hydrogen-bond donors (Lipinski definition) is 3. The monoisotopic (exact) mass is 493 g/mol. The summed E-state index contributed by atoms with van der Waals surface area (Å²) in [6.45, 7) is 11.3. The molecule has 0 spiro atoms. The van der Waals surface area contributed by atoms with Crippen molar-refractivity contribution in [3.63, 3.8) is 0 Å². The van der Waals surface area contributed by atoms with E-state index in [0.29, 0.717) is 19.1 Å². The molecule has 0 saturated carbocycles. The lowest BCUT2D eigenvalue weighted by Gasteiger charge is -2.14. The molecule has 1 unspecified atom stereocenters. The van der Waals surface area contributed by atoms with Gasteiger partial charge >= 0.3 is 0 Å². The Morgan fingerprint density at radius 2 is 1.81 bits per heavy atom. The number of ether oxygens (including phenoxy) is 2. The number of guanidine groups is 1. The third-order valence-electron chi connectivity index (χ3n) is 3.58. The van der Waals surface area contributed by atoms with Gasteiger partial charge in [0.2, 0.25) is 0 Å². The van der Waals surface area contributed by atoms with E-state index in [1.165, 1.54) is 0 Å². The molecule has 7 heteroatoms. The number of aliphatic imine (C=N–C) groups is 1. The molecule has 0 aliphatic heterocycles. The van der Waals surface area contributed by atoms with Gasteiger partial charge in [-0.25, -0.2) is 0 Å². The summed E-state index contributed by atoms with van der Waals surface area (Å²) in [6.07, 6.45) is 1.70. The van der Waals surface area contributed by atoms with Crippen molar-refractivity contribution in [1.82, 2.24) is 10.6 Å². The molecule has 0 heterocycles. The summed E-state index contributed by atoms with van der Waals surface area (Å²) < 4.78 is 11.1. The molecule has 0 fully saturated rings. The van der Waals surface area contributed by atoms with Crippen LogP contribution in [0.5, 0.6) is 5.75 Å². The lowest BCUT2D eigenvalue weighted by molar-refractivity contribution is 0.136. The maximum absolute atomic E-state index is 10.4. The lowest BCUT2D eigenvalue weighted by Crippen LogP contribution is -2.39. The molecule has 1 aromatic rings. The van der Waals surface area contributed by atoms with E-state index in [1.807, 2.05) is 45.0 Å². The Balaban J connectivity index is 0.00000676. The van der Waals surface area contributed by atoms with Crippen LogP contribution in [0, 0.1) is 0 Å². The molecule has 1 aromatic carbocycles. The SMILES string of the molecule is CCCCOCCNC(=NCC(O)c1ccc(OC(C)C)cc1)NCC.I. The second-order valence-electron chi connectivity index (χ2n) is 6.36. The van der Waals surface area contributed by atoms with Crippen molar-refractivity contribution in [2.24, 2.45) is 4.99 Å². The highest BCUT2D eigenvalue weighted by Gasteiger charge is 2.08.